The van der Waals surface area contributed by atoms with Crippen LogP contribution in [0.5, 0.6) is 0 Å². The molecule has 0 aliphatic rings. The number of nitrogens with two attached hydrogens (primary N) is 1. The van der Waals surface area contributed by atoms with Crippen LogP contribution in [0, 0.1) is 0 Å². The number of rotatable bonds is 3. The summed E-state index contributed by atoms with van der Waals surface area (Å²) in [7, 11) is 0. The third kappa shape index (κ3) is 2.94. The van der Waals surface area contributed by atoms with E-state index in [0.717, 1.165) is 22.4 Å². The van der Waals surface area contributed by atoms with Gasteiger partial charge in [0.1, 0.15) is 0 Å². The van der Waals surface area contributed by atoms with Crippen LogP contribution < -0.4 is 11.3 Å². The van der Waals surface area contributed by atoms with E-state index in [0.29, 0.717) is 16.6 Å². The van der Waals surface area contributed by atoms with Gasteiger partial charge < -0.3 is 5.73 Å². The zero-order valence-electron chi connectivity index (χ0n) is 15.3. The number of fused-ring (bicyclic) bond motifs is 1. The number of benzene rings is 2. The summed E-state index contributed by atoms with van der Waals surface area (Å²) < 4.78 is 1.42. The van der Waals surface area contributed by atoms with Crippen molar-refractivity contribution in [1.29, 1.82) is 0 Å². The van der Waals surface area contributed by atoms with E-state index in [2.05, 4.69) is 20.2 Å². The van der Waals surface area contributed by atoms with Gasteiger partial charge in [0.15, 0.2) is 0 Å². The van der Waals surface area contributed by atoms with Gasteiger partial charge in [0.2, 0.25) is 5.95 Å². The largest absolute Gasteiger partial charge is 0.369 e. The van der Waals surface area contributed by atoms with Gasteiger partial charge >= 0.3 is 0 Å². The standard InChI is InChI=1S/C22H16N6O/c23-22-27-20-9-6-14(15-7-8-19(24-11-15)16-12-25-26-13-16)10-18(20)21(29)28(22)17-4-2-1-3-5-17/h1-13H,(H2,23,27)(H,25,26). The first kappa shape index (κ1) is 16.9. The third-order valence-corrected chi connectivity index (χ3v) is 4.80. The highest BCUT2D eigenvalue weighted by Gasteiger charge is 2.12. The first-order valence-electron chi connectivity index (χ1n) is 9.04. The minimum absolute atomic E-state index is 0.160. The number of hydrogen-bond donors (Lipinski definition) is 2. The maximum absolute atomic E-state index is 13.2. The smallest absolute Gasteiger partial charge is 0.267 e. The Hall–Kier alpha value is -4.26. The fourth-order valence-electron chi connectivity index (χ4n) is 3.34. The maximum Gasteiger partial charge on any atom is 0.267 e. The zero-order chi connectivity index (χ0) is 19.8. The van der Waals surface area contributed by atoms with Crippen LogP contribution in [-0.2, 0) is 0 Å². The number of aromatic nitrogens is 5. The molecule has 0 aliphatic heterocycles. The second-order valence-electron chi connectivity index (χ2n) is 6.60. The predicted molar refractivity (Wildman–Crippen MR) is 113 cm³/mol. The quantitative estimate of drug-likeness (QED) is 0.499. The summed E-state index contributed by atoms with van der Waals surface area (Å²) in [6, 6.07) is 18.7. The zero-order valence-corrected chi connectivity index (χ0v) is 15.3. The highest BCUT2D eigenvalue weighted by molar-refractivity contribution is 5.85. The Kier molecular flexibility index (Phi) is 3.91. The van der Waals surface area contributed by atoms with Gasteiger partial charge in [-0.05, 0) is 35.9 Å². The summed E-state index contributed by atoms with van der Waals surface area (Å²) in [6.07, 6.45) is 5.30. The number of hydrogen-bond acceptors (Lipinski definition) is 5. The number of nitrogens with one attached hydrogen (secondary N) is 1. The van der Waals surface area contributed by atoms with Crippen molar-refractivity contribution >= 4 is 16.9 Å². The minimum Gasteiger partial charge on any atom is -0.369 e. The normalized spacial score (nSPS) is 11.0. The van der Waals surface area contributed by atoms with Gasteiger partial charge in [0.05, 0.1) is 28.5 Å². The molecule has 29 heavy (non-hydrogen) atoms. The maximum atomic E-state index is 13.2. The Labute approximate surface area is 165 Å². The van der Waals surface area contributed by atoms with Crippen molar-refractivity contribution in [3.8, 4) is 28.1 Å². The molecule has 0 aliphatic carbocycles. The molecule has 0 radical (unpaired) electrons. The molecule has 5 rings (SSSR count). The second kappa shape index (κ2) is 6.72. The molecule has 3 heterocycles. The lowest BCUT2D eigenvalue weighted by molar-refractivity contribution is 0.983. The molecule has 0 amide bonds. The average Bonchev–Trinajstić information content (AvgIpc) is 3.29. The van der Waals surface area contributed by atoms with Crippen molar-refractivity contribution < 1.29 is 0 Å². The molecule has 0 saturated heterocycles. The van der Waals surface area contributed by atoms with E-state index in [9.17, 15) is 4.79 Å². The number of nitrogen functional groups attached to an aromatic ring is 1. The van der Waals surface area contributed by atoms with Crippen LogP contribution in [0.25, 0.3) is 39.0 Å². The number of pyridine rings is 1. The highest BCUT2D eigenvalue weighted by atomic mass is 16.1. The fraction of sp³-hybridized carbons (Fsp3) is 0. The molecule has 3 N–H and O–H groups in total. The molecule has 0 atom stereocenters. The van der Waals surface area contributed by atoms with Crippen LogP contribution in [0.1, 0.15) is 0 Å². The van der Waals surface area contributed by atoms with E-state index in [1.165, 1.54) is 4.57 Å². The molecule has 5 aromatic rings. The Balaban J connectivity index is 1.62. The van der Waals surface area contributed by atoms with Gasteiger partial charge in [-0.3, -0.25) is 14.9 Å². The number of nitrogens with zero attached hydrogens (tertiary/aromatic N) is 4. The van der Waals surface area contributed by atoms with E-state index in [-0.39, 0.29) is 11.5 Å². The fourth-order valence-corrected chi connectivity index (χ4v) is 3.34. The lowest BCUT2D eigenvalue weighted by Crippen LogP contribution is -2.23. The Morgan fingerprint density at radius 2 is 1.72 bits per heavy atom. The summed E-state index contributed by atoms with van der Waals surface area (Å²) in [5.74, 6) is 0.160. The summed E-state index contributed by atoms with van der Waals surface area (Å²) in [5, 5.41) is 7.22. The molecular weight excluding hydrogens is 364 g/mol. The molecular formula is C22H16N6O. The van der Waals surface area contributed by atoms with Crippen molar-refractivity contribution in [2.75, 3.05) is 5.73 Å². The van der Waals surface area contributed by atoms with Gasteiger partial charge in [0, 0.05) is 23.5 Å². The molecule has 140 valence electrons. The van der Waals surface area contributed by atoms with Crippen molar-refractivity contribution in [3.63, 3.8) is 0 Å². The molecule has 0 fully saturated rings. The van der Waals surface area contributed by atoms with E-state index >= 15 is 0 Å². The van der Waals surface area contributed by atoms with Gasteiger partial charge in [-0.15, -0.1) is 0 Å². The summed E-state index contributed by atoms with van der Waals surface area (Å²) in [5.41, 5.74) is 10.6. The molecule has 0 spiro atoms. The number of aromatic amines is 1. The van der Waals surface area contributed by atoms with Crippen molar-refractivity contribution in [3.05, 3.63) is 89.6 Å². The lowest BCUT2D eigenvalue weighted by Gasteiger charge is -2.11. The van der Waals surface area contributed by atoms with Crippen LogP contribution in [0.3, 0.4) is 0 Å². The highest BCUT2D eigenvalue weighted by Crippen LogP contribution is 2.25. The van der Waals surface area contributed by atoms with Gasteiger partial charge in [-0.1, -0.05) is 30.3 Å². The topological polar surface area (TPSA) is 102 Å². The summed E-state index contributed by atoms with van der Waals surface area (Å²) in [4.78, 5) is 22.1. The summed E-state index contributed by atoms with van der Waals surface area (Å²) in [6.45, 7) is 0. The molecule has 3 aromatic heterocycles. The molecule has 7 nitrogen and oxygen atoms in total. The minimum atomic E-state index is -0.205. The third-order valence-electron chi connectivity index (χ3n) is 4.80. The Morgan fingerprint density at radius 1 is 0.897 bits per heavy atom. The second-order valence-corrected chi connectivity index (χ2v) is 6.60. The van der Waals surface area contributed by atoms with Crippen molar-refractivity contribution in [1.82, 2.24) is 24.7 Å². The van der Waals surface area contributed by atoms with Crippen LogP contribution in [0.4, 0.5) is 5.95 Å². The van der Waals surface area contributed by atoms with E-state index < -0.39 is 0 Å². The molecule has 0 saturated carbocycles. The summed E-state index contributed by atoms with van der Waals surface area (Å²) >= 11 is 0. The molecule has 0 bridgehead atoms. The van der Waals surface area contributed by atoms with Crippen LogP contribution >= 0.6 is 0 Å². The van der Waals surface area contributed by atoms with E-state index in [4.69, 9.17) is 5.73 Å². The first-order valence-corrected chi connectivity index (χ1v) is 9.04. The average molecular weight is 380 g/mol. The Bertz CT molecular complexity index is 1360. The molecule has 2 aromatic carbocycles. The molecule has 0 unspecified atom stereocenters. The van der Waals surface area contributed by atoms with E-state index in [1.54, 1.807) is 18.6 Å². The monoisotopic (exact) mass is 380 g/mol. The number of H-pyrrole nitrogens is 1. The van der Waals surface area contributed by atoms with Crippen LogP contribution in [-0.4, -0.2) is 24.7 Å². The van der Waals surface area contributed by atoms with E-state index in [1.807, 2.05) is 60.7 Å². The predicted octanol–water partition coefficient (Wildman–Crippen LogP) is 3.42. The van der Waals surface area contributed by atoms with Crippen molar-refractivity contribution in [2.24, 2.45) is 0 Å². The van der Waals surface area contributed by atoms with Gasteiger partial charge in [0.25, 0.3) is 5.56 Å². The first-order chi connectivity index (χ1) is 14.2. The van der Waals surface area contributed by atoms with Gasteiger partial charge in [-0.2, -0.15) is 5.10 Å². The van der Waals surface area contributed by atoms with Crippen LogP contribution in [0.2, 0.25) is 0 Å². The van der Waals surface area contributed by atoms with Crippen molar-refractivity contribution in [2.45, 2.75) is 0 Å². The van der Waals surface area contributed by atoms with Gasteiger partial charge in [-0.25, -0.2) is 9.55 Å². The van der Waals surface area contributed by atoms with Crippen LogP contribution in [0.15, 0.2) is 84.0 Å². The SMILES string of the molecule is Nc1nc2ccc(-c3ccc(-c4cn[nH]c4)nc3)cc2c(=O)n1-c1ccccc1. The lowest BCUT2D eigenvalue weighted by atomic mass is 10.0. The Morgan fingerprint density at radius 3 is 2.45 bits per heavy atom. The molecule has 7 heteroatoms. The number of anilines is 1. The number of para-hydroxylation sites is 1.